The molecule has 5 heteroatoms. The molecule has 0 aliphatic heterocycles. The third kappa shape index (κ3) is 2.77. The minimum Gasteiger partial charge on any atom is -0.507 e. The van der Waals surface area contributed by atoms with Crippen LogP contribution in [-0.2, 0) is 0 Å². The van der Waals surface area contributed by atoms with Crippen molar-refractivity contribution < 1.29 is 14.6 Å². The maximum atomic E-state index is 12.6. The maximum Gasteiger partial charge on any atom is 0.347 e. The van der Waals surface area contributed by atoms with Gasteiger partial charge in [0.15, 0.2) is 5.75 Å². The monoisotopic (exact) mass is 349 g/mol. The van der Waals surface area contributed by atoms with E-state index in [1.807, 2.05) is 24.3 Å². The fraction of sp³-hybridized carbons (Fsp3) is 0. The van der Waals surface area contributed by atoms with E-state index in [-0.39, 0.29) is 17.1 Å². The molecule has 0 atom stereocenters. The first-order chi connectivity index (χ1) is 12.1. The number of nitrogens with zero attached hydrogens (tertiary/aromatic N) is 1. The molecule has 4 nitrogen and oxygen atoms in total. The smallest absolute Gasteiger partial charge is 0.347 e. The molecule has 0 spiro atoms. The fourth-order valence-electron chi connectivity index (χ4n) is 2.74. The minimum absolute atomic E-state index is 0.0951. The molecule has 4 rings (SSSR count). The Morgan fingerprint density at radius 3 is 2.56 bits per heavy atom. The molecule has 122 valence electrons. The van der Waals surface area contributed by atoms with E-state index in [4.69, 9.17) is 16.3 Å². The number of carbonyl (C=O) groups excluding carboxylic acids is 1. The summed E-state index contributed by atoms with van der Waals surface area (Å²) < 4.78 is 5.48. The highest BCUT2D eigenvalue weighted by atomic mass is 35.5. The standard InChI is InChI=1S/C20H12ClNO3/c21-16-7-8-18(19-14(16)6-3-9-22-19)25-20(24)15-10-12-4-1-2-5-13(12)11-17(15)23/h1-11,23H. The number of benzene rings is 3. The quantitative estimate of drug-likeness (QED) is 0.410. The molecule has 4 aromatic rings. The highest BCUT2D eigenvalue weighted by Crippen LogP contribution is 2.31. The number of halogens is 1. The van der Waals surface area contributed by atoms with Crippen molar-refractivity contribution in [2.75, 3.05) is 0 Å². The zero-order valence-corrected chi connectivity index (χ0v) is 13.7. The molecule has 0 unspecified atom stereocenters. The van der Waals surface area contributed by atoms with Crippen LogP contribution in [0.15, 0.2) is 66.9 Å². The van der Waals surface area contributed by atoms with Gasteiger partial charge in [-0.15, -0.1) is 0 Å². The molecule has 0 aliphatic rings. The molecule has 0 aliphatic carbocycles. The van der Waals surface area contributed by atoms with E-state index in [1.165, 1.54) is 0 Å². The van der Waals surface area contributed by atoms with Gasteiger partial charge in [0.25, 0.3) is 0 Å². The summed E-state index contributed by atoms with van der Waals surface area (Å²) in [6.45, 7) is 0. The Labute approximate surface area is 148 Å². The highest BCUT2D eigenvalue weighted by molar-refractivity contribution is 6.35. The number of esters is 1. The van der Waals surface area contributed by atoms with E-state index in [1.54, 1.807) is 42.6 Å². The van der Waals surface area contributed by atoms with Crippen molar-refractivity contribution in [1.29, 1.82) is 0 Å². The molecule has 0 fully saturated rings. The Kier molecular flexibility index (Phi) is 3.75. The normalized spacial score (nSPS) is 10.9. The van der Waals surface area contributed by atoms with Crippen molar-refractivity contribution in [3.05, 3.63) is 77.4 Å². The Morgan fingerprint density at radius 2 is 1.76 bits per heavy atom. The summed E-state index contributed by atoms with van der Waals surface area (Å²) in [7, 11) is 0. The van der Waals surface area contributed by atoms with Crippen LogP contribution in [0.1, 0.15) is 10.4 Å². The van der Waals surface area contributed by atoms with Gasteiger partial charge in [-0.2, -0.15) is 0 Å². The first-order valence-corrected chi connectivity index (χ1v) is 7.98. The van der Waals surface area contributed by atoms with Gasteiger partial charge in [-0.3, -0.25) is 4.98 Å². The summed E-state index contributed by atoms with van der Waals surface area (Å²) >= 11 is 6.15. The van der Waals surface area contributed by atoms with Crippen LogP contribution >= 0.6 is 11.6 Å². The van der Waals surface area contributed by atoms with Crippen LogP contribution < -0.4 is 4.74 Å². The van der Waals surface area contributed by atoms with E-state index < -0.39 is 5.97 Å². The van der Waals surface area contributed by atoms with Gasteiger partial charge in [0, 0.05) is 11.6 Å². The Balaban J connectivity index is 1.76. The molecular formula is C20H12ClNO3. The van der Waals surface area contributed by atoms with Gasteiger partial charge in [-0.1, -0.05) is 35.9 Å². The average molecular weight is 350 g/mol. The van der Waals surface area contributed by atoms with E-state index in [0.717, 1.165) is 10.8 Å². The van der Waals surface area contributed by atoms with E-state index >= 15 is 0 Å². The summed E-state index contributed by atoms with van der Waals surface area (Å²) in [6, 6.07) is 17.4. The van der Waals surface area contributed by atoms with Crippen LogP contribution in [0.4, 0.5) is 0 Å². The molecular weight excluding hydrogens is 338 g/mol. The van der Waals surface area contributed by atoms with Crippen molar-refractivity contribution in [2.45, 2.75) is 0 Å². The summed E-state index contributed by atoms with van der Waals surface area (Å²) in [5, 5.41) is 13.1. The van der Waals surface area contributed by atoms with E-state index in [2.05, 4.69) is 4.98 Å². The molecule has 0 bridgehead atoms. The molecule has 1 N–H and O–H groups in total. The SMILES string of the molecule is O=C(Oc1ccc(Cl)c2cccnc12)c1cc2ccccc2cc1O. The van der Waals surface area contributed by atoms with Crippen molar-refractivity contribution in [3.63, 3.8) is 0 Å². The summed E-state index contributed by atoms with van der Waals surface area (Å²) in [6.07, 6.45) is 1.60. The molecule has 0 amide bonds. The van der Waals surface area contributed by atoms with Gasteiger partial charge in [-0.05, 0) is 47.2 Å². The van der Waals surface area contributed by atoms with E-state index in [9.17, 15) is 9.90 Å². The predicted molar refractivity (Wildman–Crippen MR) is 97.3 cm³/mol. The third-order valence-electron chi connectivity index (χ3n) is 3.97. The number of rotatable bonds is 2. The first-order valence-electron chi connectivity index (χ1n) is 7.60. The number of aromatic nitrogens is 1. The second-order valence-corrected chi connectivity index (χ2v) is 5.96. The molecule has 3 aromatic carbocycles. The summed E-state index contributed by atoms with van der Waals surface area (Å²) in [5.41, 5.74) is 0.585. The molecule has 1 aromatic heterocycles. The topological polar surface area (TPSA) is 59.4 Å². The molecule has 0 saturated heterocycles. The number of fused-ring (bicyclic) bond motifs is 2. The lowest BCUT2D eigenvalue weighted by atomic mass is 10.1. The Morgan fingerprint density at radius 1 is 1.00 bits per heavy atom. The highest BCUT2D eigenvalue weighted by Gasteiger charge is 2.17. The number of ether oxygens (including phenoxy) is 1. The van der Waals surface area contributed by atoms with Crippen molar-refractivity contribution >= 4 is 39.2 Å². The van der Waals surface area contributed by atoms with Gasteiger partial charge in [0.1, 0.15) is 16.8 Å². The number of hydrogen-bond acceptors (Lipinski definition) is 4. The van der Waals surface area contributed by atoms with Gasteiger partial charge in [0.2, 0.25) is 0 Å². The lowest BCUT2D eigenvalue weighted by molar-refractivity contribution is 0.0734. The van der Waals surface area contributed by atoms with Gasteiger partial charge in [-0.25, -0.2) is 4.79 Å². The van der Waals surface area contributed by atoms with Gasteiger partial charge in [0.05, 0.1) is 5.02 Å². The second-order valence-electron chi connectivity index (χ2n) is 5.55. The van der Waals surface area contributed by atoms with Crippen LogP contribution in [0.3, 0.4) is 0 Å². The second kappa shape index (κ2) is 6.07. The van der Waals surface area contributed by atoms with Crippen molar-refractivity contribution in [3.8, 4) is 11.5 Å². The molecule has 1 heterocycles. The number of carbonyl (C=O) groups is 1. The first kappa shape index (κ1) is 15.4. The predicted octanol–water partition coefficient (Wildman–Crippen LogP) is 4.97. The lowest BCUT2D eigenvalue weighted by Crippen LogP contribution is -2.09. The van der Waals surface area contributed by atoms with E-state index in [0.29, 0.717) is 15.9 Å². The van der Waals surface area contributed by atoms with Gasteiger partial charge < -0.3 is 9.84 Å². The maximum absolute atomic E-state index is 12.6. The van der Waals surface area contributed by atoms with Crippen molar-refractivity contribution in [1.82, 2.24) is 4.98 Å². The molecule has 0 radical (unpaired) electrons. The number of phenolic OH excluding ortho intramolecular Hbond substituents is 1. The summed E-state index contributed by atoms with van der Waals surface area (Å²) in [5.74, 6) is -0.495. The molecule has 25 heavy (non-hydrogen) atoms. The van der Waals surface area contributed by atoms with Crippen molar-refractivity contribution in [2.24, 2.45) is 0 Å². The van der Waals surface area contributed by atoms with Crippen LogP contribution in [0.2, 0.25) is 5.02 Å². The zero-order valence-electron chi connectivity index (χ0n) is 12.9. The Bertz CT molecular complexity index is 1120. The number of pyridine rings is 1. The lowest BCUT2D eigenvalue weighted by Gasteiger charge is -2.10. The van der Waals surface area contributed by atoms with Crippen LogP contribution in [0, 0.1) is 0 Å². The Hall–Kier alpha value is -3.11. The number of phenols is 1. The van der Waals surface area contributed by atoms with Gasteiger partial charge >= 0.3 is 5.97 Å². The largest absolute Gasteiger partial charge is 0.507 e. The summed E-state index contributed by atoms with van der Waals surface area (Å²) in [4.78, 5) is 16.8. The fourth-order valence-corrected chi connectivity index (χ4v) is 2.96. The average Bonchev–Trinajstić information content (AvgIpc) is 2.63. The van der Waals surface area contributed by atoms with Crippen LogP contribution in [0.5, 0.6) is 11.5 Å². The van der Waals surface area contributed by atoms with Crippen LogP contribution in [-0.4, -0.2) is 16.1 Å². The number of hydrogen-bond donors (Lipinski definition) is 1. The zero-order chi connectivity index (χ0) is 17.4. The minimum atomic E-state index is -0.655. The van der Waals surface area contributed by atoms with Crippen LogP contribution in [0.25, 0.3) is 21.7 Å². The number of aromatic hydroxyl groups is 1. The molecule has 0 saturated carbocycles. The third-order valence-corrected chi connectivity index (χ3v) is 4.30.